The van der Waals surface area contributed by atoms with Gasteiger partial charge < -0.3 is 5.32 Å². The molecule has 4 heteroatoms. The van der Waals surface area contributed by atoms with Crippen LogP contribution in [0.4, 0.5) is 0 Å². The summed E-state index contributed by atoms with van der Waals surface area (Å²) in [5.74, 6) is 0.539. The Morgan fingerprint density at radius 2 is 2.00 bits per heavy atom. The van der Waals surface area contributed by atoms with Crippen molar-refractivity contribution in [2.75, 3.05) is 0 Å². The molecule has 114 valence electrons. The number of nitrogens with zero attached hydrogens (tertiary/aromatic N) is 2. The van der Waals surface area contributed by atoms with Gasteiger partial charge in [-0.05, 0) is 30.9 Å². The third-order valence-electron chi connectivity index (χ3n) is 4.46. The van der Waals surface area contributed by atoms with Crippen LogP contribution in [-0.2, 0) is 0 Å². The molecule has 1 N–H and O–H groups in total. The molecule has 1 aromatic heterocycles. The minimum atomic E-state index is -0.00652. The molecule has 4 nitrogen and oxygen atoms in total. The van der Waals surface area contributed by atoms with Crippen LogP contribution in [0.25, 0.3) is 11.3 Å². The van der Waals surface area contributed by atoms with Gasteiger partial charge in [-0.1, -0.05) is 38.0 Å². The average molecular weight is 295 g/mol. The van der Waals surface area contributed by atoms with Gasteiger partial charge in [-0.25, -0.2) is 9.97 Å². The molecule has 0 spiro atoms. The summed E-state index contributed by atoms with van der Waals surface area (Å²) in [5.41, 5.74) is 2.31. The van der Waals surface area contributed by atoms with Crippen LogP contribution in [0, 0.1) is 5.92 Å². The highest BCUT2D eigenvalue weighted by molar-refractivity contribution is 6.00. The predicted octanol–water partition coefficient (Wildman–Crippen LogP) is 3.45. The van der Waals surface area contributed by atoms with Crippen LogP contribution in [0.5, 0.6) is 0 Å². The zero-order chi connectivity index (χ0) is 15.4. The van der Waals surface area contributed by atoms with Crippen molar-refractivity contribution in [1.29, 1.82) is 0 Å². The number of amides is 1. The first-order valence-electron chi connectivity index (χ1n) is 7.92. The largest absolute Gasteiger partial charge is 0.349 e. The van der Waals surface area contributed by atoms with Gasteiger partial charge in [-0.3, -0.25) is 4.79 Å². The monoisotopic (exact) mass is 295 g/mol. The second-order valence-electron chi connectivity index (χ2n) is 5.98. The van der Waals surface area contributed by atoms with E-state index < -0.39 is 0 Å². The number of benzene rings is 1. The fourth-order valence-corrected chi connectivity index (χ4v) is 3.13. The molecule has 1 amide bonds. The Morgan fingerprint density at radius 3 is 2.77 bits per heavy atom. The molecule has 1 heterocycles. The van der Waals surface area contributed by atoms with E-state index >= 15 is 0 Å². The molecule has 1 aromatic carbocycles. The van der Waals surface area contributed by atoms with Crippen LogP contribution < -0.4 is 5.32 Å². The van der Waals surface area contributed by atoms with Crippen LogP contribution >= 0.6 is 0 Å². The maximum absolute atomic E-state index is 12.7. The lowest BCUT2D eigenvalue weighted by atomic mass is 9.85. The van der Waals surface area contributed by atoms with E-state index in [1.165, 1.54) is 25.6 Å². The van der Waals surface area contributed by atoms with Crippen molar-refractivity contribution in [3.05, 3.63) is 48.4 Å². The molecule has 1 aliphatic carbocycles. The van der Waals surface area contributed by atoms with Gasteiger partial charge in [-0.15, -0.1) is 0 Å². The highest BCUT2D eigenvalue weighted by Gasteiger charge is 2.24. The quantitative estimate of drug-likeness (QED) is 0.943. The fourth-order valence-electron chi connectivity index (χ4n) is 3.13. The summed E-state index contributed by atoms with van der Waals surface area (Å²) >= 11 is 0. The third-order valence-corrected chi connectivity index (χ3v) is 4.46. The Bertz CT molecular complexity index is 642. The predicted molar refractivity (Wildman–Crippen MR) is 86.4 cm³/mol. The number of nitrogens with one attached hydrogen (secondary N) is 1. The Labute approximate surface area is 131 Å². The van der Waals surface area contributed by atoms with Crippen molar-refractivity contribution >= 4 is 5.91 Å². The van der Waals surface area contributed by atoms with Gasteiger partial charge in [0, 0.05) is 23.4 Å². The first kappa shape index (κ1) is 14.7. The normalized spacial score (nSPS) is 21.3. The van der Waals surface area contributed by atoms with Crippen molar-refractivity contribution < 1.29 is 4.79 Å². The van der Waals surface area contributed by atoms with Gasteiger partial charge >= 0.3 is 0 Å². The summed E-state index contributed by atoms with van der Waals surface area (Å²) < 4.78 is 0. The van der Waals surface area contributed by atoms with E-state index in [1.807, 2.05) is 30.3 Å². The molecular weight excluding hydrogens is 274 g/mol. The van der Waals surface area contributed by atoms with E-state index in [4.69, 9.17) is 0 Å². The van der Waals surface area contributed by atoms with Crippen molar-refractivity contribution in [3.63, 3.8) is 0 Å². The maximum atomic E-state index is 12.7. The number of aromatic nitrogens is 2. The second-order valence-corrected chi connectivity index (χ2v) is 5.98. The summed E-state index contributed by atoms with van der Waals surface area (Å²) in [6, 6.07) is 9.72. The topological polar surface area (TPSA) is 54.9 Å². The molecule has 0 saturated heterocycles. The molecule has 1 aliphatic rings. The van der Waals surface area contributed by atoms with Gasteiger partial charge in [0.25, 0.3) is 5.91 Å². The lowest BCUT2D eigenvalue weighted by Gasteiger charge is -2.29. The van der Waals surface area contributed by atoms with Crippen molar-refractivity contribution in [1.82, 2.24) is 15.3 Å². The average Bonchev–Trinajstić information content (AvgIpc) is 2.58. The van der Waals surface area contributed by atoms with E-state index in [1.54, 1.807) is 6.20 Å². The van der Waals surface area contributed by atoms with Gasteiger partial charge in [0.05, 0.1) is 5.69 Å². The third kappa shape index (κ3) is 3.16. The molecule has 3 rings (SSSR count). The zero-order valence-electron chi connectivity index (χ0n) is 12.8. The van der Waals surface area contributed by atoms with E-state index in [2.05, 4.69) is 22.2 Å². The summed E-state index contributed by atoms with van der Waals surface area (Å²) in [6.45, 7) is 2.22. The van der Waals surface area contributed by atoms with Gasteiger partial charge in [0.2, 0.25) is 0 Å². The van der Waals surface area contributed by atoms with E-state index in [9.17, 15) is 4.79 Å². The van der Waals surface area contributed by atoms with Crippen LogP contribution in [0.1, 0.15) is 43.0 Å². The minimum absolute atomic E-state index is 0.00652. The molecule has 0 radical (unpaired) electrons. The number of hydrogen-bond acceptors (Lipinski definition) is 3. The fraction of sp³-hybridized carbons (Fsp3) is 0.389. The first-order chi connectivity index (χ1) is 10.8. The van der Waals surface area contributed by atoms with Crippen molar-refractivity contribution in [2.45, 2.75) is 38.6 Å². The highest BCUT2D eigenvalue weighted by atomic mass is 16.1. The molecule has 2 atom stereocenters. The number of rotatable bonds is 3. The molecule has 0 bridgehead atoms. The van der Waals surface area contributed by atoms with Gasteiger partial charge in [0.1, 0.15) is 6.33 Å². The van der Waals surface area contributed by atoms with Crippen LogP contribution in [-0.4, -0.2) is 21.9 Å². The molecular formula is C18H21N3O. The second kappa shape index (κ2) is 6.69. The summed E-state index contributed by atoms with van der Waals surface area (Å²) in [7, 11) is 0. The highest BCUT2D eigenvalue weighted by Crippen LogP contribution is 2.25. The smallest absolute Gasteiger partial charge is 0.252 e. The lowest BCUT2D eigenvalue weighted by molar-refractivity contribution is 0.0911. The molecule has 1 fully saturated rings. The van der Waals surface area contributed by atoms with Crippen molar-refractivity contribution in [3.8, 4) is 11.3 Å². The van der Waals surface area contributed by atoms with Crippen LogP contribution in [0.2, 0.25) is 0 Å². The Kier molecular flexibility index (Phi) is 4.47. The SMILES string of the molecule is CC1CCCCC1NC(=O)c1ccccc1-c1ccncn1. The van der Waals surface area contributed by atoms with Crippen LogP contribution in [0.3, 0.4) is 0 Å². The van der Waals surface area contributed by atoms with E-state index in [0.717, 1.165) is 17.7 Å². The maximum Gasteiger partial charge on any atom is 0.252 e. The molecule has 1 saturated carbocycles. The van der Waals surface area contributed by atoms with Crippen molar-refractivity contribution in [2.24, 2.45) is 5.92 Å². The Morgan fingerprint density at radius 1 is 1.18 bits per heavy atom. The number of carbonyl (C=O) groups is 1. The summed E-state index contributed by atoms with van der Waals surface area (Å²) in [4.78, 5) is 20.9. The molecule has 22 heavy (non-hydrogen) atoms. The Hall–Kier alpha value is -2.23. The Balaban J connectivity index is 1.84. The standard InChI is InChI=1S/C18H21N3O/c1-13-6-2-5-9-16(13)21-18(22)15-8-4-3-7-14(15)17-10-11-19-12-20-17/h3-4,7-8,10-13,16H,2,5-6,9H2,1H3,(H,21,22). The van der Waals surface area contributed by atoms with Gasteiger partial charge in [0.15, 0.2) is 0 Å². The number of carbonyl (C=O) groups excluding carboxylic acids is 1. The van der Waals surface area contributed by atoms with E-state index in [0.29, 0.717) is 11.5 Å². The van der Waals surface area contributed by atoms with Crippen LogP contribution in [0.15, 0.2) is 42.9 Å². The molecule has 2 aromatic rings. The van der Waals surface area contributed by atoms with Gasteiger partial charge in [-0.2, -0.15) is 0 Å². The number of hydrogen-bond donors (Lipinski definition) is 1. The lowest BCUT2D eigenvalue weighted by Crippen LogP contribution is -2.41. The molecule has 0 aliphatic heterocycles. The van der Waals surface area contributed by atoms with E-state index in [-0.39, 0.29) is 11.9 Å². The first-order valence-corrected chi connectivity index (χ1v) is 7.92. The molecule has 2 unspecified atom stereocenters. The summed E-state index contributed by atoms with van der Waals surface area (Å²) in [5, 5.41) is 3.21. The minimum Gasteiger partial charge on any atom is -0.349 e. The zero-order valence-corrected chi connectivity index (χ0v) is 12.8. The summed E-state index contributed by atoms with van der Waals surface area (Å²) in [6.07, 6.45) is 7.93.